The maximum atomic E-state index is 13.5. The number of ketones is 1. The van der Waals surface area contributed by atoms with E-state index in [-0.39, 0.29) is 16.2 Å². The van der Waals surface area contributed by atoms with Gasteiger partial charge in [0.2, 0.25) is 0 Å². The number of amides is 1. The molecule has 4 rings (SSSR count). The maximum absolute atomic E-state index is 13.5. The van der Waals surface area contributed by atoms with Crippen molar-refractivity contribution in [3.8, 4) is 17.2 Å². The van der Waals surface area contributed by atoms with Crippen molar-refractivity contribution in [3.63, 3.8) is 0 Å². The molecule has 7 nitrogen and oxygen atoms in total. The van der Waals surface area contributed by atoms with Gasteiger partial charge in [-0.3, -0.25) is 14.5 Å². The third-order valence-electron chi connectivity index (χ3n) is 6.43. The van der Waals surface area contributed by atoms with Crippen molar-refractivity contribution in [1.82, 2.24) is 0 Å². The summed E-state index contributed by atoms with van der Waals surface area (Å²) in [6.07, 6.45) is 0. The molecule has 0 spiro atoms. The summed E-state index contributed by atoms with van der Waals surface area (Å²) in [7, 11) is 4.50. The average molecular weight is 522 g/mol. The Morgan fingerprint density at radius 2 is 1.57 bits per heavy atom. The monoisotopic (exact) mass is 521 g/mol. The van der Waals surface area contributed by atoms with Gasteiger partial charge in [0, 0.05) is 11.3 Å². The predicted octanol–water partition coefficient (Wildman–Crippen LogP) is 6.12. The van der Waals surface area contributed by atoms with Gasteiger partial charge in [-0.2, -0.15) is 0 Å². The fraction of sp³-hybridized carbons (Fsp3) is 0.241. The van der Waals surface area contributed by atoms with Crippen LogP contribution >= 0.6 is 11.6 Å². The van der Waals surface area contributed by atoms with Crippen LogP contribution in [0.4, 0.5) is 5.69 Å². The summed E-state index contributed by atoms with van der Waals surface area (Å²) in [5.74, 6) is -0.362. The first-order chi connectivity index (χ1) is 17.7. The van der Waals surface area contributed by atoms with E-state index in [9.17, 15) is 14.7 Å². The number of aliphatic hydroxyl groups is 1. The second kappa shape index (κ2) is 10.6. The van der Waals surface area contributed by atoms with Crippen molar-refractivity contribution in [2.75, 3.05) is 26.2 Å². The molecule has 1 heterocycles. The fourth-order valence-corrected chi connectivity index (χ4v) is 4.62. The van der Waals surface area contributed by atoms with Crippen molar-refractivity contribution in [2.45, 2.75) is 25.8 Å². The SMILES string of the molecule is COc1ccc(Cl)c(/C(O)=C2\C(=O)C(=O)N(c3ccc(C(C)C)cc3)C2c2ccc(OC)c(OC)c2)c1. The number of benzene rings is 3. The summed E-state index contributed by atoms with van der Waals surface area (Å²) in [5.41, 5.74) is 2.23. The Hall–Kier alpha value is -3.97. The van der Waals surface area contributed by atoms with E-state index in [0.29, 0.717) is 34.4 Å². The highest BCUT2D eigenvalue weighted by molar-refractivity contribution is 6.52. The molecular weight excluding hydrogens is 494 g/mol. The second-order valence-electron chi connectivity index (χ2n) is 8.88. The van der Waals surface area contributed by atoms with E-state index in [0.717, 1.165) is 5.56 Å². The lowest BCUT2D eigenvalue weighted by Gasteiger charge is -2.26. The van der Waals surface area contributed by atoms with E-state index >= 15 is 0 Å². The Morgan fingerprint density at radius 1 is 0.892 bits per heavy atom. The van der Waals surface area contributed by atoms with Gasteiger partial charge in [0.25, 0.3) is 11.7 Å². The van der Waals surface area contributed by atoms with Crippen molar-refractivity contribution < 1.29 is 28.9 Å². The van der Waals surface area contributed by atoms with E-state index < -0.39 is 23.5 Å². The minimum absolute atomic E-state index is 0.0969. The normalized spacial score (nSPS) is 16.8. The van der Waals surface area contributed by atoms with Gasteiger partial charge in [-0.25, -0.2) is 0 Å². The van der Waals surface area contributed by atoms with Crippen LogP contribution in [-0.2, 0) is 9.59 Å². The first-order valence-corrected chi connectivity index (χ1v) is 12.1. The average Bonchev–Trinajstić information content (AvgIpc) is 3.18. The number of hydrogen-bond donors (Lipinski definition) is 1. The first-order valence-electron chi connectivity index (χ1n) is 11.7. The summed E-state index contributed by atoms with van der Waals surface area (Å²) in [6.45, 7) is 4.14. The molecule has 0 aliphatic carbocycles. The van der Waals surface area contributed by atoms with Gasteiger partial charge >= 0.3 is 0 Å². The molecule has 3 aromatic rings. The molecule has 1 saturated heterocycles. The minimum atomic E-state index is -0.952. The van der Waals surface area contributed by atoms with Crippen LogP contribution in [0.25, 0.3) is 5.76 Å². The zero-order valence-corrected chi connectivity index (χ0v) is 22.0. The van der Waals surface area contributed by atoms with E-state index in [1.807, 2.05) is 12.1 Å². The summed E-state index contributed by atoms with van der Waals surface area (Å²) >= 11 is 6.40. The number of hydrogen-bond acceptors (Lipinski definition) is 6. The number of carbonyl (C=O) groups excluding carboxylic acids is 2. The van der Waals surface area contributed by atoms with E-state index in [2.05, 4.69) is 13.8 Å². The van der Waals surface area contributed by atoms with Crippen LogP contribution in [0, 0.1) is 0 Å². The standard InChI is InChI=1S/C29H28ClNO6/c1-16(2)17-6-9-19(10-7-17)31-26(18-8-13-23(36-4)24(14-18)37-5)25(28(33)29(31)34)27(32)21-15-20(35-3)11-12-22(21)30/h6-16,26,32H,1-5H3/b27-25+. The highest BCUT2D eigenvalue weighted by atomic mass is 35.5. The number of methoxy groups -OCH3 is 3. The lowest BCUT2D eigenvalue weighted by molar-refractivity contribution is -0.132. The molecule has 0 radical (unpaired) electrons. The van der Waals surface area contributed by atoms with Crippen molar-refractivity contribution in [3.05, 3.63) is 87.9 Å². The van der Waals surface area contributed by atoms with Crippen molar-refractivity contribution in [2.24, 2.45) is 0 Å². The Kier molecular flexibility index (Phi) is 7.45. The van der Waals surface area contributed by atoms with E-state index in [1.165, 1.54) is 32.3 Å². The molecule has 37 heavy (non-hydrogen) atoms. The molecule has 8 heteroatoms. The molecule has 0 aromatic heterocycles. The summed E-state index contributed by atoms with van der Waals surface area (Å²) < 4.78 is 16.1. The predicted molar refractivity (Wildman–Crippen MR) is 143 cm³/mol. The molecule has 1 amide bonds. The highest BCUT2D eigenvalue weighted by Gasteiger charge is 2.47. The van der Waals surface area contributed by atoms with Gasteiger partial charge in [0.05, 0.1) is 38.0 Å². The molecule has 0 saturated carbocycles. The summed E-state index contributed by atoms with van der Waals surface area (Å²) in [6, 6.07) is 16.3. The van der Waals surface area contributed by atoms with Crippen molar-refractivity contribution >= 4 is 34.7 Å². The van der Waals surface area contributed by atoms with Crippen LogP contribution in [0.15, 0.2) is 66.2 Å². The molecule has 1 N–H and O–H groups in total. The smallest absolute Gasteiger partial charge is 0.300 e. The van der Waals surface area contributed by atoms with Gasteiger partial charge in [0.15, 0.2) is 11.5 Å². The molecule has 3 aromatic carbocycles. The maximum Gasteiger partial charge on any atom is 0.300 e. The minimum Gasteiger partial charge on any atom is -0.507 e. The molecule has 1 aliphatic rings. The van der Waals surface area contributed by atoms with Crippen LogP contribution in [0.2, 0.25) is 5.02 Å². The van der Waals surface area contributed by atoms with Gasteiger partial charge < -0.3 is 19.3 Å². The first kappa shape index (κ1) is 26.1. The van der Waals surface area contributed by atoms with Gasteiger partial charge in [0.1, 0.15) is 11.5 Å². The van der Waals surface area contributed by atoms with Gasteiger partial charge in [-0.15, -0.1) is 0 Å². The molecule has 192 valence electrons. The highest BCUT2D eigenvalue weighted by Crippen LogP contribution is 2.45. The number of ether oxygens (including phenoxy) is 3. The third kappa shape index (κ3) is 4.74. The molecule has 1 atom stereocenters. The third-order valence-corrected chi connectivity index (χ3v) is 6.76. The van der Waals surface area contributed by atoms with Crippen LogP contribution in [0.5, 0.6) is 17.2 Å². The lowest BCUT2D eigenvalue weighted by atomic mass is 9.94. The van der Waals surface area contributed by atoms with Crippen LogP contribution in [0.3, 0.4) is 0 Å². The Morgan fingerprint density at radius 3 is 2.16 bits per heavy atom. The topological polar surface area (TPSA) is 85.3 Å². The van der Waals surface area contributed by atoms with E-state index in [4.69, 9.17) is 25.8 Å². The van der Waals surface area contributed by atoms with Crippen LogP contribution in [0.1, 0.15) is 42.5 Å². The molecule has 1 fully saturated rings. The Labute approximate surface area is 220 Å². The molecule has 0 bridgehead atoms. The van der Waals surface area contributed by atoms with Crippen LogP contribution < -0.4 is 19.1 Å². The quantitative estimate of drug-likeness (QED) is 0.229. The number of rotatable bonds is 7. The van der Waals surface area contributed by atoms with Crippen molar-refractivity contribution in [1.29, 1.82) is 0 Å². The number of halogens is 1. The summed E-state index contributed by atoms with van der Waals surface area (Å²) in [4.78, 5) is 28.3. The summed E-state index contributed by atoms with van der Waals surface area (Å²) in [5, 5.41) is 11.6. The zero-order valence-electron chi connectivity index (χ0n) is 21.2. The second-order valence-corrected chi connectivity index (χ2v) is 9.28. The fourth-order valence-electron chi connectivity index (χ4n) is 4.41. The number of Topliss-reactive ketones (excluding diaryl/α,β-unsaturated/α-hetero) is 1. The number of carbonyl (C=O) groups is 2. The largest absolute Gasteiger partial charge is 0.507 e. The zero-order chi connectivity index (χ0) is 26.9. The number of anilines is 1. The number of aliphatic hydroxyl groups excluding tert-OH is 1. The lowest BCUT2D eigenvalue weighted by Crippen LogP contribution is -2.29. The van der Waals surface area contributed by atoms with Gasteiger partial charge in [-0.1, -0.05) is 43.6 Å². The van der Waals surface area contributed by atoms with Gasteiger partial charge in [-0.05, 0) is 59.5 Å². The molecule has 1 aliphatic heterocycles. The molecular formula is C29H28ClNO6. The molecule has 1 unspecified atom stereocenters. The number of nitrogens with zero attached hydrogens (tertiary/aromatic N) is 1. The Balaban J connectivity index is 1.97. The Bertz CT molecular complexity index is 1380. The van der Waals surface area contributed by atoms with Crippen LogP contribution in [-0.4, -0.2) is 38.1 Å². The van der Waals surface area contributed by atoms with E-state index in [1.54, 1.807) is 42.5 Å².